The number of anilines is 1. The van der Waals surface area contributed by atoms with Crippen LogP contribution in [0.25, 0.3) is 11.3 Å². The van der Waals surface area contributed by atoms with Crippen LogP contribution >= 0.6 is 11.3 Å². The first-order chi connectivity index (χ1) is 15.9. The number of aromatic nitrogens is 2. The van der Waals surface area contributed by atoms with Crippen molar-refractivity contribution in [1.82, 2.24) is 20.0 Å². The molecule has 1 aliphatic rings. The van der Waals surface area contributed by atoms with Crippen LogP contribution in [0, 0.1) is 5.82 Å². The van der Waals surface area contributed by atoms with Crippen LogP contribution in [-0.2, 0) is 4.79 Å². The SMILES string of the molecule is CC(C)N(CC(=O)N1CCN(c2ccc(-c3ccc(F)cc3)nn2)CC1)C(=O)c1cccs1. The molecule has 0 saturated carbocycles. The maximum Gasteiger partial charge on any atom is 0.264 e. The lowest BCUT2D eigenvalue weighted by molar-refractivity contribution is -0.132. The molecule has 0 atom stereocenters. The van der Waals surface area contributed by atoms with Gasteiger partial charge in [0.05, 0.1) is 10.6 Å². The highest BCUT2D eigenvalue weighted by Crippen LogP contribution is 2.20. The Morgan fingerprint density at radius 1 is 1.03 bits per heavy atom. The number of benzene rings is 1. The highest BCUT2D eigenvalue weighted by Gasteiger charge is 2.27. The van der Waals surface area contributed by atoms with Gasteiger partial charge in [-0.15, -0.1) is 21.5 Å². The normalized spacial score (nSPS) is 13.9. The molecule has 2 aromatic heterocycles. The van der Waals surface area contributed by atoms with Gasteiger partial charge >= 0.3 is 0 Å². The van der Waals surface area contributed by atoms with E-state index in [1.165, 1.54) is 23.5 Å². The summed E-state index contributed by atoms with van der Waals surface area (Å²) >= 11 is 1.39. The number of piperazine rings is 1. The average molecular weight is 468 g/mol. The van der Waals surface area contributed by atoms with Crippen LogP contribution in [-0.4, -0.2) is 70.6 Å². The summed E-state index contributed by atoms with van der Waals surface area (Å²) in [6.07, 6.45) is 0. The van der Waals surface area contributed by atoms with Gasteiger partial charge in [0.2, 0.25) is 5.91 Å². The van der Waals surface area contributed by atoms with E-state index in [9.17, 15) is 14.0 Å². The fourth-order valence-corrected chi connectivity index (χ4v) is 4.41. The third kappa shape index (κ3) is 5.36. The van der Waals surface area contributed by atoms with Crippen molar-refractivity contribution in [2.24, 2.45) is 0 Å². The molecule has 0 N–H and O–H groups in total. The van der Waals surface area contributed by atoms with Crippen molar-refractivity contribution in [3.8, 4) is 11.3 Å². The molecule has 3 aromatic rings. The summed E-state index contributed by atoms with van der Waals surface area (Å²) in [6.45, 7) is 6.29. The van der Waals surface area contributed by atoms with Gasteiger partial charge in [0.1, 0.15) is 12.4 Å². The number of rotatable bonds is 6. The summed E-state index contributed by atoms with van der Waals surface area (Å²) in [6, 6.07) is 13.5. The van der Waals surface area contributed by atoms with Gasteiger partial charge in [-0.25, -0.2) is 4.39 Å². The first-order valence-corrected chi connectivity index (χ1v) is 11.8. The highest BCUT2D eigenvalue weighted by molar-refractivity contribution is 7.12. The van der Waals surface area contributed by atoms with Crippen LogP contribution in [0.15, 0.2) is 53.9 Å². The molecule has 1 fully saturated rings. The Morgan fingerprint density at radius 2 is 1.76 bits per heavy atom. The van der Waals surface area contributed by atoms with E-state index >= 15 is 0 Å². The lowest BCUT2D eigenvalue weighted by atomic mass is 10.1. The quantitative estimate of drug-likeness (QED) is 0.555. The minimum atomic E-state index is -0.289. The first-order valence-electron chi connectivity index (χ1n) is 10.9. The lowest BCUT2D eigenvalue weighted by Crippen LogP contribution is -2.52. The number of amides is 2. The molecule has 1 aliphatic heterocycles. The van der Waals surface area contributed by atoms with E-state index in [1.807, 2.05) is 37.4 Å². The van der Waals surface area contributed by atoms with Gasteiger partial charge in [-0.05, 0) is 61.7 Å². The predicted octanol–water partition coefficient (Wildman–Crippen LogP) is 3.54. The zero-order valence-corrected chi connectivity index (χ0v) is 19.5. The monoisotopic (exact) mass is 467 g/mol. The molecule has 1 aromatic carbocycles. The second-order valence-electron chi connectivity index (χ2n) is 8.16. The Morgan fingerprint density at radius 3 is 2.33 bits per heavy atom. The molecule has 172 valence electrons. The van der Waals surface area contributed by atoms with Gasteiger partial charge in [0.15, 0.2) is 5.82 Å². The van der Waals surface area contributed by atoms with Crippen molar-refractivity contribution in [3.63, 3.8) is 0 Å². The van der Waals surface area contributed by atoms with Gasteiger partial charge in [0.25, 0.3) is 5.91 Å². The maximum absolute atomic E-state index is 13.1. The standard InChI is InChI=1S/C24H26FN5O2S/c1-17(2)30(24(32)21-4-3-15-33-21)16-23(31)29-13-11-28(12-14-29)22-10-9-20(26-27-22)18-5-7-19(25)8-6-18/h3-10,15,17H,11-14,16H2,1-2H3. The molecule has 3 heterocycles. The third-order valence-electron chi connectivity index (χ3n) is 5.67. The topological polar surface area (TPSA) is 69.6 Å². The highest BCUT2D eigenvalue weighted by atomic mass is 32.1. The summed E-state index contributed by atoms with van der Waals surface area (Å²) in [5.74, 6) is 0.294. The number of hydrogen-bond acceptors (Lipinski definition) is 6. The van der Waals surface area contributed by atoms with Crippen LogP contribution in [0.2, 0.25) is 0 Å². The molecule has 0 aliphatic carbocycles. The van der Waals surface area contributed by atoms with E-state index in [0.29, 0.717) is 36.8 Å². The van der Waals surface area contributed by atoms with E-state index < -0.39 is 0 Å². The second-order valence-corrected chi connectivity index (χ2v) is 9.10. The molecule has 9 heteroatoms. The minimum absolute atomic E-state index is 0.0500. The van der Waals surface area contributed by atoms with Crippen molar-refractivity contribution < 1.29 is 14.0 Å². The zero-order chi connectivity index (χ0) is 23.4. The van der Waals surface area contributed by atoms with Crippen LogP contribution < -0.4 is 4.90 Å². The van der Waals surface area contributed by atoms with E-state index in [2.05, 4.69) is 15.1 Å². The molecule has 0 radical (unpaired) electrons. The summed E-state index contributed by atoms with van der Waals surface area (Å²) in [5, 5.41) is 10.5. The van der Waals surface area contributed by atoms with E-state index in [1.54, 1.807) is 28.0 Å². The number of thiophene rings is 1. The molecule has 0 bridgehead atoms. The minimum Gasteiger partial charge on any atom is -0.352 e. The molecular weight excluding hydrogens is 441 g/mol. The molecule has 0 unspecified atom stereocenters. The van der Waals surface area contributed by atoms with Crippen molar-refractivity contribution in [2.45, 2.75) is 19.9 Å². The molecular formula is C24H26FN5O2S. The fraction of sp³-hybridized carbons (Fsp3) is 0.333. The van der Waals surface area contributed by atoms with Crippen LogP contribution in [0.5, 0.6) is 0 Å². The molecule has 2 amide bonds. The van der Waals surface area contributed by atoms with Gasteiger partial charge in [-0.1, -0.05) is 6.07 Å². The largest absolute Gasteiger partial charge is 0.352 e. The summed E-state index contributed by atoms with van der Waals surface area (Å²) in [5.41, 5.74) is 1.48. The van der Waals surface area contributed by atoms with Crippen molar-refractivity contribution >= 4 is 29.0 Å². The predicted molar refractivity (Wildman–Crippen MR) is 127 cm³/mol. The van der Waals surface area contributed by atoms with E-state index in [4.69, 9.17) is 0 Å². The van der Waals surface area contributed by atoms with Crippen LogP contribution in [0.3, 0.4) is 0 Å². The van der Waals surface area contributed by atoms with E-state index in [-0.39, 0.29) is 30.2 Å². The number of hydrogen-bond donors (Lipinski definition) is 0. The average Bonchev–Trinajstić information content (AvgIpc) is 3.38. The van der Waals surface area contributed by atoms with E-state index in [0.717, 1.165) is 11.4 Å². The fourth-order valence-electron chi connectivity index (χ4n) is 3.73. The molecule has 4 rings (SSSR count). The number of nitrogens with zero attached hydrogens (tertiary/aromatic N) is 5. The van der Waals surface area contributed by atoms with Gasteiger partial charge < -0.3 is 14.7 Å². The van der Waals surface area contributed by atoms with Crippen molar-refractivity contribution in [3.05, 3.63) is 64.6 Å². The van der Waals surface area contributed by atoms with Crippen molar-refractivity contribution in [1.29, 1.82) is 0 Å². The number of halogens is 1. The van der Waals surface area contributed by atoms with Crippen LogP contribution in [0.1, 0.15) is 23.5 Å². The number of carbonyl (C=O) groups is 2. The molecule has 1 saturated heterocycles. The van der Waals surface area contributed by atoms with Gasteiger partial charge in [-0.3, -0.25) is 9.59 Å². The van der Waals surface area contributed by atoms with Crippen LogP contribution in [0.4, 0.5) is 10.2 Å². The molecule has 7 nitrogen and oxygen atoms in total. The molecule has 33 heavy (non-hydrogen) atoms. The van der Waals surface area contributed by atoms with Crippen molar-refractivity contribution in [2.75, 3.05) is 37.6 Å². The lowest BCUT2D eigenvalue weighted by Gasteiger charge is -2.36. The third-order valence-corrected chi connectivity index (χ3v) is 6.53. The van der Waals surface area contributed by atoms with Gasteiger partial charge in [-0.2, -0.15) is 0 Å². The Labute approximate surface area is 196 Å². The Balaban J connectivity index is 1.33. The molecule has 0 spiro atoms. The number of carbonyl (C=O) groups excluding carboxylic acids is 2. The Hall–Kier alpha value is -3.33. The summed E-state index contributed by atoms with van der Waals surface area (Å²) in [7, 11) is 0. The smallest absolute Gasteiger partial charge is 0.264 e. The summed E-state index contributed by atoms with van der Waals surface area (Å²) < 4.78 is 13.1. The second kappa shape index (κ2) is 10.1. The van der Waals surface area contributed by atoms with Gasteiger partial charge in [0, 0.05) is 37.8 Å². The Bertz CT molecular complexity index is 1080. The maximum atomic E-state index is 13.1. The first kappa shape index (κ1) is 22.8. The summed E-state index contributed by atoms with van der Waals surface area (Å²) in [4.78, 5) is 31.8. The zero-order valence-electron chi connectivity index (χ0n) is 18.6. The Kier molecular flexibility index (Phi) is 6.98.